The maximum atomic E-state index is 5.49. The van der Waals surface area contributed by atoms with Crippen LogP contribution < -0.4 is 5.73 Å². The molecule has 0 amide bonds. The summed E-state index contributed by atoms with van der Waals surface area (Å²) in [6, 6.07) is 2.39. The van der Waals surface area contributed by atoms with E-state index >= 15 is 0 Å². The maximum absolute atomic E-state index is 5.49. The van der Waals surface area contributed by atoms with Crippen LogP contribution in [0.5, 0.6) is 0 Å². The Hall–Kier alpha value is -0.870. The quantitative estimate of drug-likeness (QED) is 0.851. The molecule has 4 nitrogen and oxygen atoms in total. The monoisotopic (exact) mass is 225 g/mol. The van der Waals surface area contributed by atoms with Gasteiger partial charge in [-0.1, -0.05) is 25.9 Å². The molecule has 0 saturated carbocycles. The molecule has 92 valence electrons. The van der Waals surface area contributed by atoms with Gasteiger partial charge in [0, 0.05) is 18.7 Å². The van der Waals surface area contributed by atoms with Gasteiger partial charge in [-0.3, -0.25) is 4.90 Å². The van der Waals surface area contributed by atoms with E-state index in [-0.39, 0.29) is 5.41 Å². The molecule has 1 aromatic rings. The lowest BCUT2D eigenvalue weighted by atomic mass is 9.87. The van der Waals surface area contributed by atoms with E-state index in [4.69, 9.17) is 10.3 Å². The van der Waals surface area contributed by atoms with Crippen molar-refractivity contribution in [2.24, 2.45) is 11.1 Å². The molecule has 0 bridgehead atoms. The Morgan fingerprint density at radius 1 is 1.50 bits per heavy atom. The van der Waals surface area contributed by atoms with E-state index in [1.807, 2.05) is 6.07 Å². The van der Waals surface area contributed by atoms with Crippen molar-refractivity contribution < 1.29 is 4.52 Å². The van der Waals surface area contributed by atoms with Gasteiger partial charge < -0.3 is 10.3 Å². The van der Waals surface area contributed by atoms with Crippen LogP contribution in [-0.4, -0.2) is 23.1 Å². The van der Waals surface area contributed by atoms with Gasteiger partial charge in [0.05, 0.1) is 12.2 Å². The highest BCUT2D eigenvalue weighted by Gasteiger charge is 2.24. The lowest BCUT2D eigenvalue weighted by molar-refractivity contribution is 0.124. The largest absolute Gasteiger partial charge is 0.360 e. The number of aromatic nitrogens is 1. The highest BCUT2D eigenvalue weighted by atomic mass is 16.5. The summed E-state index contributed by atoms with van der Waals surface area (Å²) < 4.78 is 5.22. The van der Waals surface area contributed by atoms with Crippen molar-refractivity contribution in [1.82, 2.24) is 10.1 Å². The van der Waals surface area contributed by atoms with Crippen molar-refractivity contribution in [3.63, 3.8) is 0 Å². The number of hydrogen-bond donors (Lipinski definition) is 1. The zero-order chi connectivity index (χ0) is 12.3. The van der Waals surface area contributed by atoms with E-state index < -0.39 is 0 Å². The average Bonchev–Trinajstić information content (AvgIpc) is 2.63. The van der Waals surface area contributed by atoms with Crippen molar-refractivity contribution in [2.45, 2.75) is 46.8 Å². The van der Waals surface area contributed by atoms with Crippen LogP contribution in [0.2, 0.25) is 0 Å². The highest BCUT2D eigenvalue weighted by molar-refractivity contribution is 5.04. The van der Waals surface area contributed by atoms with Crippen molar-refractivity contribution >= 4 is 0 Å². The van der Waals surface area contributed by atoms with E-state index in [1.54, 1.807) is 0 Å². The third kappa shape index (κ3) is 3.32. The van der Waals surface area contributed by atoms with Gasteiger partial charge in [0.25, 0.3) is 0 Å². The summed E-state index contributed by atoms with van der Waals surface area (Å²) in [6.07, 6.45) is 0. The highest BCUT2D eigenvalue weighted by Crippen LogP contribution is 2.24. The number of nitrogens with two attached hydrogens (primary N) is 1. The molecule has 0 radical (unpaired) electrons. The van der Waals surface area contributed by atoms with E-state index in [2.05, 4.69) is 44.8 Å². The van der Waals surface area contributed by atoms with Crippen molar-refractivity contribution in [3.8, 4) is 0 Å². The van der Waals surface area contributed by atoms with Crippen LogP contribution in [0.1, 0.15) is 39.1 Å². The van der Waals surface area contributed by atoms with E-state index in [1.165, 1.54) is 0 Å². The second kappa shape index (κ2) is 4.97. The van der Waals surface area contributed by atoms with Gasteiger partial charge >= 0.3 is 0 Å². The summed E-state index contributed by atoms with van der Waals surface area (Å²) in [4.78, 5) is 2.26. The molecule has 0 saturated heterocycles. The van der Waals surface area contributed by atoms with Crippen LogP contribution in [0.15, 0.2) is 10.6 Å². The van der Waals surface area contributed by atoms with Gasteiger partial charge in [-0.15, -0.1) is 0 Å². The van der Waals surface area contributed by atoms with Gasteiger partial charge in [-0.05, 0) is 19.4 Å². The van der Waals surface area contributed by atoms with E-state index in [0.29, 0.717) is 12.6 Å². The Labute approximate surface area is 97.8 Å². The first-order valence-corrected chi connectivity index (χ1v) is 5.69. The Kier molecular flexibility index (Phi) is 4.10. The fourth-order valence-electron chi connectivity index (χ4n) is 1.57. The van der Waals surface area contributed by atoms with Crippen molar-refractivity contribution in [1.29, 1.82) is 0 Å². The SMILES string of the molecule is CC(N(C)Cc1cc(CN)no1)C(C)(C)C. The smallest absolute Gasteiger partial charge is 0.151 e. The Bertz CT molecular complexity index is 327. The standard InChI is InChI=1S/C12H23N3O/c1-9(12(2,3)4)15(5)8-11-6-10(7-13)14-16-11/h6,9H,7-8,13H2,1-5H3. The lowest BCUT2D eigenvalue weighted by Gasteiger charge is -2.34. The molecule has 1 aromatic heterocycles. The molecule has 2 N–H and O–H groups in total. The van der Waals surface area contributed by atoms with Gasteiger partial charge in [-0.2, -0.15) is 0 Å². The first kappa shape index (κ1) is 13.2. The Morgan fingerprint density at radius 2 is 2.12 bits per heavy atom. The topological polar surface area (TPSA) is 55.3 Å². The molecule has 0 aliphatic rings. The van der Waals surface area contributed by atoms with Crippen LogP contribution in [0.3, 0.4) is 0 Å². The molecule has 0 aromatic carbocycles. The van der Waals surface area contributed by atoms with E-state index in [0.717, 1.165) is 18.0 Å². The molecule has 16 heavy (non-hydrogen) atoms. The third-order valence-electron chi connectivity index (χ3n) is 3.14. The molecule has 1 rings (SSSR count). The Balaban J connectivity index is 2.60. The molecule has 4 heteroatoms. The van der Waals surface area contributed by atoms with Crippen LogP contribution in [0, 0.1) is 5.41 Å². The maximum Gasteiger partial charge on any atom is 0.151 e. The summed E-state index contributed by atoms with van der Waals surface area (Å²) in [5.74, 6) is 0.874. The van der Waals surface area contributed by atoms with Gasteiger partial charge in [-0.25, -0.2) is 0 Å². The summed E-state index contributed by atoms with van der Waals surface area (Å²) >= 11 is 0. The summed E-state index contributed by atoms with van der Waals surface area (Å²) in [5.41, 5.74) is 6.55. The molecule has 0 aliphatic heterocycles. The molecular formula is C12H23N3O. The Morgan fingerprint density at radius 3 is 2.56 bits per heavy atom. The first-order valence-electron chi connectivity index (χ1n) is 5.69. The zero-order valence-corrected chi connectivity index (χ0v) is 10.9. The van der Waals surface area contributed by atoms with Crippen LogP contribution in [0.4, 0.5) is 0 Å². The second-order valence-electron chi connectivity index (χ2n) is 5.45. The molecular weight excluding hydrogens is 202 g/mol. The minimum atomic E-state index is 0.255. The van der Waals surface area contributed by atoms with Crippen LogP contribution in [0.25, 0.3) is 0 Å². The fraction of sp³-hybridized carbons (Fsp3) is 0.750. The number of hydrogen-bond acceptors (Lipinski definition) is 4. The van der Waals surface area contributed by atoms with Gasteiger partial charge in [0.2, 0.25) is 0 Å². The first-order chi connectivity index (χ1) is 7.34. The molecule has 1 atom stereocenters. The predicted octanol–water partition coefficient (Wildman–Crippen LogP) is 2.00. The summed E-state index contributed by atoms with van der Waals surface area (Å²) in [6.45, 7) is 10.1. The minimum Gasteiger partial charge on any atom is -0.360 e. The normalized spacial score (nSPS) is 14.4. The predicted molar refractivity (Wildman–Crippen MR) is 64.8 cm³/mol. The van der Waals surface area contributed by atoms with Crippen LogP contribution >= 0.6 is 0 Å². The van der Waals surface area contributed by atoms with Gasteiger partial charge in [0.15, 0.2) is 5.76 Å². The van der Waals surface area contributed by atoms with Crippen LogP contribution in [-0.2, 0) is 13.1 Å². The zero-order valence-electron chi connectivity index (χ0n) is 10.9. The third-order valence-corrected chi connectivity index (χ3v) is 3.14. The summed E-state index contributed by atoms with van der Waals surface area (Å²) in [5, 5.41) is 3.88. The van der Waals surface area contributed by atoms with Crippen molar-refractivity contribution in [2.75, 3.05) is 7.05 Å². The summed E-state index contributed by atoms with van der Waals surface area (Å²) in [7, 11) is 2.10. The second-order valence-corrected chi connectivity index (χ2v) is 5.45. The van der Waals surface area contributed by atoms with Crippen molar-refractivity contribution in [3.05, 3.63) is 17.5 Å². The molecule has 0 fully saturated rings. The molecule has 0 spiro atoms. The number of rotatable bonds is 4. The fourth-order valence-corrected chi connectivity index (χ4v) is 1.57. The number of nitrogens with zero attached hydrogens (tertiary/aromatic N) is 2. The minimum absolute atomic E-state index is 0.255. The average molecular weight is 225 g/mol. The lowest BCUT2D eigenvalue weighted by Crippen LogP contribution is -2.38. The van der Waals surface area contributed by atoms with E-state index in [9.17, 15) is 0 Å². The molecule has 0 aliphatic carbocycles. The molecule has 1 unspecified atom stereocenters. The van der Waals surface area contributed by atoms with Gasteiger partial charge in [0.1, 0.15) is 0 Å². The molecule has 1 heterocycles.